The molecule has 0 aliphatic heterocycles. The molecule has 0 rings (SSSR count). The van der Waals surface area contributed by atoms with E-state index in [9.17, 15) is 0 Å². The Bertz CT molecular complexity index is 128. The lowest BCUT2D eigenvalue weighted by Crippen LogP contribution is -2.28. The van der Waals surface area contributed by atoms with Gasteiger partial charge in [0.25, 0.3) is 0 Å². The van der Waals surface area contributed by atoms with Crippen LogP contribution in [0.4, 0.5) is 0 Å². The van der Waals surface area contributed by atoms with Gasteiger partial charge in [0.05, 0.1) is 26.3 Å². The van der Waals surface area contributed by atoms with Crippen LogP contribution in [0.1, 0.15) is 0 Å². The molecule has 0 fully saturated rings. The summed E-state index contributed by atoms with van der Waals surface area (Å²) in [4.78, 5) is 3.93. The lowest BCUT2D eigenvalue weighted by atomic mass is 10.6. The van der Waals surface area contributed by atoms with E-state index in [4.69, 9.17) is 15.2 Å². The zero-order valence-corrected chi connectivity index (χ0v) is 7.62. The quantitative estimate of drug-likeness (QED) is 0.325. The topological polar surface area (TPSA) is 70.9 Å². The lowest BCUT2D eigenvalue weighted by Gasteiger charge is -2.00. The number of methoxy groups -OCH3 is 2. The third-order valence-electron chi connectivity index (χ3n) is 1.14. The summed E-state index contributed by atoms with van der Waals surface area (Å²) in [6, 6.07) is 0. The highest BCUT2D eigenvalue weighted by Crippen LogP contribution is 1.73. The molecule has 5 nitrogen and oxygen atoms in total. The Kier molecular flexibility index (Phi) is 7.73. The largest absolute Gasteiger partial charge is 0.383 e. The molecule has 5 heteroatoms. The minimum absolute atomic E-state index is 0.309. The van der Waals surface area contributed by atoms with Crippen molar-refractivity contribution in [1.29, 1.82) is 0 Å². The fourth-order valence-corrected chi connectivity index (χ4v) is 0.553. The maximum atomic E-state index is 5.43. The maximum absolute atomic E-state index is 5.43. The highest BCUT2D eigenvalue weighted by Gasteiger charge is 1.91. The van der Waals surface area contributed by atoms with Crippen LogP contribution in [-0.4, -0.2) is 46.5 Å². The van der Waals surface area contributed by atoms with Crippen LogP contribution >= 0.6 is 0 Å². The summed E-state index contributed by atoms with van der Waals surface area (Å²) < 4.78 is 9.58. The molecule has 2 N–H and O–H groups in total. The Morgan fingerprint density at radius 3 is 2.33 bits per heavy atom. The monoisotopic (exact) mass is 174 g/mol. The molecule has 1 radical (unpaired) electrons. The number of aliphatic imine (C=N–C) groups is 1. The number of rotatable bonds is 6. The summed E-state index contributed by atoms with van der Waals surface area (Å²) >= 11 is 0. The van der Waals surface area contributed by atoms with Crippen molar-refractivity contribution in [3.63, 3.8) is 0 Å². The second kappa shape index (κ2) is 8.29. The van der Waals surface area contributed by atoms with E-state index in [2.05, 4.69) is 10.3 Å². The van der Waals surface area contributed by atoms with Crippen molar-refractivity contribution in [2.45, 2.75) is 0 Å². The van der Waals surface area contributed by atoms with Gasteiger partial charge in [-0.15, -0.1) is 0 Å². The fraction of sp³-hybridized carbons (Fsp3) is 0.857. The third kappa shape index (κ3) is 7.30. The SMILES string of the molecule is COCC[N]C(N)=NCCOC. The smallest absolute Gasteiger partial charge is 0.210 e. The second-order valence-electron chi connectivity index (χ2n) is 2.11. The Balaban J connectivity index is 3.29. The Morgan fingerprint density at radius 1 is 1.17 bits per heavy atom. The molecule has 0 amide bonds. The zero-order chi connectivity index (χ0) is 9.23. The minimum Gasteiger partial charge on any atom is -0.383 e. The van der Waals surface area contributed by atoms with Crippen LogP contribution in [0.25, 0.3) is 0 Å². The molecule has 0 aromatic heterocycles. The molecular weight excluding hydrogens is 158 g/mol. The molecule has 0 spiro atoms. The normalized spacial score (nSPS) is 11.7. The second-order valence-corrected chi connectivity index (χ2v) is 2.11. The van der Waals surface area contributed by atoms with Gasteiger partial charge in [0, 0.05) is 14.2 Å². The Labute approximate surface area is 72.9 Å². The number of guanidine groups is 1. The highest BCUT2D eigenvalue weighted by molar-refractivity contribution is 5.77. The van der Waals surface area contributed by atoms with E-state index >= 15 is 0 Å². The molecule has 0 bridgehead atoms. The van der Waals surface area contributed by atoms with Crippen molar-refractivity contribution in [2.24, 2.45) is 10.7 Å². The summed E-state index contributed by atoms with van der Waals surface area (Å²) in [5, 5.41) is 3.93. The van der Waals surface area contributed by atoms with Crippen molar-refractivity contribution >= 4 is 5.96 Å². The summed E-state index contributed by atoms with van der Waals surface area (Å²) in [6.07, 6.45) is 0. The van der Waals surface area contributed by atoms with Gasteiger partial charge < -0.3 is 15.2 Å². The number of hydrogen-bond acceptors (Lipinski definition) is 3. The summed E-state index contributed by atoms with van der Waals surface area (Å²) in [5.41, 5.74) is 5.43. The van der Waals surface area contributed by atoms with Gasteiger partial charge in [0.1, 0.15) is 0 Å². The van der Waals surface area contributed by atoms with Gasteiger partial charge in [-0.3, -0.25) is 0 Å². The van der Waals surface area contributed by atoms with Crippen molar-refractivity contribution in [1.82, 2.24) is 5.32 Å². The first kappa shape index (κ1) is 11.2. The summed E-state index contributed by atoms with van der Waals surface area (Å²) in [5.74, 6) is 0.309. The maximum Gasteiger partial charge on any atom is 0.210 e. The highest BCUT2D eigenvalue weighted by atomic mass is 16.5. The van der Waals surface area contributed by atoms with Gasteiger partial charge in [0.2, 0.25) is 5.96 Å². The predicted octanol–water partition coefficient (Wildman–Crippen LogP) is -0.802. The number of nitrogens with zero attached hydrogens (tertiary/aromatic N) is 2. The van der Waals surface area contributed by atoms with Gasteiger partial charge in [-0.1, -0.05) is 0 Å². The van der Waals surface area contributed by atoms with Gasteiger partial charge >= 0.3 is 0 Å². The molecule has 12 heavy (non-hydrogen) atoms. The van der Waals surface area contributed by atoms with Crippen LogP contribution in [-0.2, 0) is 9.47 Å². The molecule has 0 aromatic rings. The lowest BCUT2D eigenvalue weighted by molar-refractivity contribution is 0.202. The van der Waals surface area contributed by atoms with E-state index in [0.29, 0.717) is 32.3 Å². The molecule has 0 atom stereocenters. The minimum atomic E-state index is 0.309. The van der Waals surface area contributed by atoms with E-state index in [0.717, 1.165) is 0 Å². The first-order chi connectivity index (χ1) is 5.81. The predicted molar refractivity (Wildman–Crippen MR) is 47.2 cm³/mol. The van der Waals surface area contributed by atoms with Gasteiger partial charge in [-0.25, -0.2) is 10.3 Å². The van der Waals surface area contributed by atoms with Crippen LogP contribution < -0.4 is 11.1 Å². The number of ether oxygens (including phenoxy) is 2. The van der Waals surface area contributed by atoms with Crippen molar-refractivity contribution < 1.29 is 9.47 Å². The van der Waals surface area contributed by atoms with Crippen molar-refractivity contribution in [3.05, 3.63) is 0 Å². The van der Waals surface area contributed by atoms with Crippen LogP contribution in [0.5, 0.6) is 0 Å². The van der Waals surface area contributed by atoms with Gasteiger partial charge in [0.15, 0.2) is 0 Å². The third-order valence-corrected chi connectivity index (χ3v) is 1.14. The van der Waals surface area contributed by atoms with E-state index in [1.807, 2.05) is 0 Å². The van der Waals surface area contributed by atoms with Crippen LogP contribution in [0.15, 0.2) is 4.99 Å². The van der Waals surface area contributed by atoms with Crippen LogP contribution in [0.2, 0.25) is 0 Å². The number of nitrogens with two attached hydrogens (primary N) is 1. The Hall–Kier alpha value is -0.810. The Morgan fingerprint density at radius 2 is 1.75 bits per heavy atom. The van der Waals surface area contributed by atoms with Crippen LogP contribution in [0.3, 0.4) is 0 Å². The van der Waals surface area contributed by atoms with Gasteiger partial charge in [-0.2, -0.15) is 0 Å². The zero-order valence-electron chi connectivity index (χ0n) is 7.62. The van der Waals surface area contributed by atoms with Gasteiger partial charge in [-0.05, 0) is 0 Å². The summed E-state index contributed by atoms with van der Waals surface area (Å²) in [7, 11) is 3.24. The summed E-state index contributed by atoms with van der Waals surface area (Å²) in [6.45, 7) is 2.25. The molecule has 0 heterocycles. The molecule has 0 unspecified atom stereocenters. The molecular formula is C7H16N3O2. The fourth-order valence-electron chi connectivity index (χ4n) is 0.553. The van der Waals surface area contributed by atoms with Crippen LogP contribution in [0, 0.1) is 0 Å². The number of hydrogen-bond donors (Lipinski definition) is 1. The molecule has 71 valence electrons. The molecule has 0 saturated heterocycles. The average Bonchev–Trinajstić information content (AvgIpc) is 2.06. The standard InChI is InChI=1S/C7H16N3O2/c1-11-5-3-9-7(8)10-4-6-12-2/h3-6H2,1-2H3,(H2,8,9). The molecule has 0 aromatic carbocycles. The first-order valence-corrected chi connectivity index (χ1v) is 3.76. The van der Waals surface area contributed by atoms with E-state index in [1.54, 1.807) is 14.2 Å². The van der Waals surface area contributed by atoms with Crippen molar-refractivity contribution in [2.75, 3.05) is 40.5 Å². The molecule has 0 aliphatic carbocycles. The average molecular weight is 174 g/mol. The van der Waals surface area contributed by atoms with E-state index in [1.165, 1.54) is 0 Å². The first-order valence-electron chi connectivity index (χ1n) is 3.76. The molecule has 0 saturated carbocycles. The van der Waals surface area contributed by atoms with Crippen molar-refractivity contribution in [3.8, 4) is 0 Å². The van der Waals surface area contributed by atoms with E-state index < -0.39 is 0 Å². The molecule has 0 aliphatic rings. The van der Waals surface area contributed by atoms with E-state index in [-0.39, 0.29) is 0 Å².